The van der Waals surface area contributed by atoms with Crippen LogP contribution in [0.15, 0.2) is 42.5 Å². The lowest BCUT2D eigenvalue weighted by atomic mass is 9.99. The molecule has 0 spiro atoms. The maximum atomic E-state index is 13.6. The molecule has 0 aromatic heterocycles. The van der Waals surface area contributed by atoms with Crippen molar-refractivity contribution < 1.29 is 9.18 Å². The van der Waals surface area contributed by atoms with Gasteiger partial charge in [-0.05, 0) is 55.0 Å². The molecule has 2 rings (SSSR count). The molecular weight excluding hydrogens is 289 g/mol. The molecule has 3 heteroatoms. The summed E-state index contributed by atoms with van der Waals surface area (Å²) in [6, 6.07) is 12.9. The van der Waals surface area contributed by atoms with Crippen LogP contribution in [0.25, 0.3) is 0 Å². The van der Waals surface area contributed by atoms with E-state index in [9.17, 15) is 9.18 Å². The van der Waals surface area contributed by atoms with E-state index in [1.54, 1.807) is 18.2 Å². The van der Waals surface area contributed by atoms with E-state index in [2.05, 4.69) is 44.3 Å². The van der Waals surface area contributed by atoms with Gasteiger partial charge in [0, 0.05) is 6.42 Å². The van der Waals surface area contributed by atoms with Gasteiger partial charge in [-0.15, -0.1) is 0 Å². The summed E-state index contributed by atoms with van der Waals surface area (Å²) >= 11 is 0. The zero-order chi connectivity index (χ0) is 16.8. The van der Waals surface area contributed by atoms with Crippen molar-refractivity contribution in [3.05, 3.63) is 70.5 Å². The fraction of sp³-hybridized carbons (Fsp3) is 0.350. The summed E-state index contributed by atoms with van der Waals surface area (Å²) in [6.07, 6.45) is 1.54. The van der Waals surface area contributed by atoms with Crippen molar-refractivity contribution >= 4 is 5.91 Å². The number of benzene rings is 2. The molecule has 23 heavy (non-hydrogen) atoms. The number of aryl methyl sites for hydroxylation is 3. The molecular formula is C20H24FNO. The number of halogens is 1. The third kappa shape index (κ3) is 4.65. The minimum absolute atomic E-state index is 0.00224. The lowest BCUT2D eigenvalue weighted by molar-refractivity contribution is -0.121. The summed E-state index contributed by atoms with van der Waals surface area (Å²) < 4.78 is 13.6. The minimum Gasteiger partial charge on any atom is -0.349 e. The molecule has 1 N–H and O–H groups in total. The van der Waals surface area contributed by atoms with Crippen molar-refractivity contribution in [2.45, 2.75) is 46.1 Å². The predicted molar refractivity (Wildman–Crippen MR) is 91.8 cm³/mol. The molecule has 1 atom stereocenters. The lowest BCUT2D eigenvalue weighted by Crippen LogP contribution is -2.28. The molecule has 0 saturated carbocycles. The second kappa shape index (κ2) is 7.91. The van der Waals surface area contributed by atoms with Crippen LogP contribution in [-0.2, 0) is 11.2 Å². The second-order valence-corrected chi connectivity index (χ2v) is 5.96. The maximum Gasteiger partial charge on any atom is 0.220 e. The predicted octanol–water partition coefficient (Wildman–Crippen LogP) is 4.64. The van der Waals surface area contributed by atoms with Crippen LogP contribution < -0.4 is 5.32 Å². The monoisotopic (exact) mass is 313 g/mol. The minimum atomic E-state index is -0.249. The molecule has 2 aromatic rings. The maximum absolute atomic E-state index is 13.6. The number of carbonyl (C=O) groups excluding carboxylic acids is 1. The van der Waals surface area contributed by atoms with Crippen LogP contribution in [0.4, 0.5) is 4.39 Å². The van der Waals surface area contributed by atoms with E-state index in [-0.39, 0.29) is 17.8 Å². The van der Waals surface area contributed by atoms with Gasteiger partial charge in [-0.1, -0.05) is 43.3 Å². The Morgan fingerprint density at radius 2 is 1.87 bits per heavy atom. The summed E-state index contributed by atoms with van der Waals surface area (Å²) in [4.78, 5) is 12.2. The van der Waals surface area contributed by atoms with Gasteiger partial charge >= 0.3 is 0 Å². The van der Waals surface area contributed by atoms with Gasteiger partial charge in [-0.2, -0.15) is 0 Å². The van der Waals surface area contributed by atoms with Crippen molar-refractivity contribution in [3.8, 4) is 0 Å². The van der Waals surface area contributed by atoms with Crippen molar-refractivity contribution in [1.29, 1.82) is 0 Å². The fourth-order valence-electron chi connectivity index (χ4n) is 2.62. The van der Waals surface area contributed by atoms with E-state index in [4.69, 9.17) is 0 Å². The van der Waals surface area contributed by atoms with Gasteiger partial charge in [0.25, 0.3) is 0 Å². The zero-order valence-electron chi connectivity index (χ0n) is 14.0. The molecule has 2 nitrogen and oxygen atoms in total. The Balaban J connectivity index is 1.97. The number of nitrogens with one attached hydrogen (secondary N) is 1. The molecule has 0 aliphatic heterocycles. The summed E-state index contributed by atoms with van der Waals surface area (Å²) in [6.45, 7) is 6.20. The van der Waals surface area contributed by atoms with E-state index in [1.165, 1.54) is 17.2 Å². The summed E-state index contributed by atoms with van der Waals surface area (Å²) in [5.74, 6) is -0.292. The Morgan fingerprint density at radius 3 is 2.52 bits per heavy atom. The highest BCUT2D eigenvalue weighted by Gasteiger charge is 2.14. The van der Waals surface area contributed by atoms with Crippen molar-refractivity contribution in [3.63, 3.8) is 0 Å². The SMILES string of the molecule is CCC(NC(=O)CCc1ccccc1F)c1ccc(C)c(C)c1. The Bertz CT molecular complexity index is 681. The molecule has 122 valence electrons. The highest BCUT2D eigenvalue weighted by molar-refractivity contribution is 5.76. The molecule has 1 amide bonds. The van der Waals surface area contributed by atoms with Crippen LogP contribution in [-0.4, -0.2) is 5.91 Å². The number of hydrogen-bond donors (Lipinski definition) is 1. The number of hydrogen-bond acceptors (Lipinski definition) is 1. The fourth-order valence-corrected chi connectivity index (χ4v) is 2.62. The van der Waals surface area contributed by atoms with E-state index in [1.807, 2.05) is 0 Å². The van der Waals surface area contributed by atoms with Crippen molar-refractivity contribution in [2.75, 3.05) is 0 Å². The van der Waals surface area contributed by atoms with Gasteiger partial charge < -0.3 is 5.32 Å². The van der Waals surface area contributed by atoms with E-state index < -0.39 is 0 Å². The van der Waals surface area contributed by atoms with Crippen LogP contribution >= 0.6 is 0 Å². The average Bonchev–Trinajstić information content (AvgIpc) is 2.54. The first-order valence-electron chi connectivity index (χ1n) is 8.11. The third-order valence-electron chi connectivity index (χ3n) is 4.26. The highest BCUT2D eigenvalue weighted by Crippen LogP contribution is 2.20. The molecule has 0 aliphatic carbocycles. The van der Waals surface area contributed by atoms with Crippen LogP contribution in [0.3, 0.4) is 0 Å². The summed E-state index contributed by atoms with van der Waals surface area (Å²) in [5, 5.41) is 3.06. The topological polar surface area (TPSA) is 29.1 Å². The molecule has 0 saturated heterocycles. The lowest BCUT2D eigenvalue weighted by Gasteiger charge is -2.18. The molecule has 0 heterocycles. The van der Waals surface area contributed by atoms with Crippen LogP contribution in [0.5, 0.6) is 0 Å². The molecule has 0 aliphatic rings. The van der Waals surface area contributed by atoms with Crippen molar-refractivity contribution in [1.82, 2.24) is 5.32 Å². The number of carbonyl (C=O) groups is 1. The smallest absolute Gasteiger partial charge is 0.220 e. The first kappa shape index (κ1) is 17.2. The van der Waals surface area contributed by atoms with E-state index in [0.717, 1.165) is 12.0 Å². The van der Waals surface area contributed by atoms with Crippen LogP contribution in [0, 0.1) is 19.7 Å². The number of rotatable bonds is 6. The van der Waals surface area contributed by atoms with Gasteiger partial charge in [-0.3, -0.25) is 4.79 Å². The molecule has 2 aromatic carbocycles. The second-order valence-electron chi connectivity index (χ2n) is 5.96. The first-order valence-corrected chi connectivity index (χ1v) is 8.11. The zero-order valence-corrected chi connectivity index (χ0v) is 14.0. The molecule has 0 radical (unpaired) electrons. The van der Waals surface area contributed by atoms with Gasteiger partial charge in [0.2, 0.25) is 5.91 Å². The molecule has 0 bridgehead atoms. The summed E-state index contributed by atoms with van der Waals surface area (Å²) in [5.41, 5.74) is 4.17. The van der Waals surface area contributed by atoms with Gasteiger partial charge in [0.1, 0.15) is 5.82 Å². The molecule has 0 fully saturated rings. The molecule has 1 unspecified atom stereocenters. The first-order chi connectivity index (χ1) is 11.0. The Kier molecular flexibility index (Phi) is 5.91. The van der Waals surface area contributed by atoms with Gasteiger partial charge in [-0.25, -0.2) is 4.39 Å². The van der Waals surface area contributed by atoms with Gasteiger partial charge in [0.05, 0.1) is 6.04 Å². The highest BCUT2D eigenvalue weighted by atomic mass is 19.1. The van der Waals surface area contributed by atoms with E-state index >= 15 is 0 Å². The Labute approximate surface area is 137 Å². The average molecular weight is 313 g/mol. The summed E-state index contributed by atoms with van der Waals surface area (Å²) in [7, 11) is 0. The number of amides is 1. The van der Waals surface area contributed by atoms with E-state index in [0.29, 0.717) is 18.4 Å². The van der Waals surface area contributed by atoms with Gasteiger partial charge in [0.15, 0.2) is 0 Å². The Morgan fingerprint density at radius 1 is 1.13 bits per heavy atom. The Hall–Kier alpha value is -2.16. The normalized spacial score (nSPS) is 12.0. The van der Waals surface area contributed by atoms with Crippen molar-refractivity contribution in [2.24, 2.45) is 0 Å². The van der Waals surface area contributed by atoms with Crippen LogP contribution in [0.1, 0.15) is 48.1 Å². The third-order valence-corrected chi connectivity index (χ3v) is 4.26. The quantitative estimate of drug-likeness (QED) is 0.827. The standard InChI is InChI=1S/C20H24FNO/c1-4-19(17-10-9-14(2)15(3)13-17)22-20(23)12-11-16-7-5-6-8-18(16)21/h5-10,13,19H,4,11-12H2,1-3H3,(H,22,23). The van der Waals surface area contributed by atoms with Crippen LogP contribution in [0.2, 0.25) is 0 Å². The largest absolute Gasteiger partial charge is 0.349 e.